The maximum absolute atomic E-state index is 13.5. The van der Waals surface area contributed by atoms with Crippen LogP contribution in [0.4, 0.5) is 119 Å². The van der Waals surface area contributed by atoms with Gasteiger partial charge in [0, 0.05) is 22.6 Å². The molecule has 0 aliphatic rings. The van der Waals surface area contributed by atoms with Crippen LogP contribution in [0.2, 0.25) is 0 Å². The zero-order valence-electron chi connectivity index (χ0n) is 17.1. The van der Waals surface area contributed by atoms with Gasteiger partial charge in [-0.2, -0.15) is 114 Å². The van der Waals surface area contributed by atoms with E-state index in [4.69, 9.17) is 0 Å². The van der Waals surface area contributed by atoms with E-state index in [1.807, 2.05) is 0 Å². The van der Waals surface area contributed by atoms with E-state index in [-0.39, 0.29) is 0 Å². The lowest BCUT2D eigenvalue weighted by Gasteiger charge is -2.46. The largest absolute Gasteiger partial charge is 0.438 e. The van der Waals surface area contributed by atoms with E-state index in [2.05, 4.69) is 0 Å². The van der Waals surface area contributed by atoms with Crippen LogP contribution in [0.1, 0.15) is 0 Å². The molecule has 41 heavy (non-hydrogen) atoms. The first-order valence-electron chi connectivity index (χ1n) is 8.29. The van der Waals surface area contributed by atoms with Crippen LogP contribution in [-0.4, -0.2) is 75.3 Å². The Hall–Kier alpha value is -1.16. The lowest BCUT2D eigenvalue weighted by Crippen LogP contribution is -2.79. The quantitative estimate of drug-likeness (QED) is 0.118. The zero-order valence-corrected chi connectivity index (χ0v) is 19.2. The van der Waals surface area contributed by atoms with Crippen molar-refractivity contribution in [3.8, 4) is 0 Å². The summed E-state index contributed by atoms with van der Waals surface area (Å²) in [5.74, 6) is -84.3. The predicted molar refractivity (Wildman–Crippen MR) is 79.4 cm³/mol. The summed E-state index contributed by atoms with van der Waals surface area (Å²) in [5.41, 5.74) is -9.20. The number of halogens is 28. The van der Waals surface area contributed by atoms with Gasteiger partial charge in [-0.1, -0.05) is 0 Å². The smallest absolute Gasteiger partial charge is 0.216 e. The Labute approximate surface area is 217 Å². The first-order valence-corrected chi connectivity index (χ1v) is 9.37. The molecule has 0 unspecified atom stereocenters. The van der Waals surface area contributed by atoms with Gasteiger partial charge >= 0.3 is 75.3 Å². The van der Waals surface area contributed by atoms with Crippen molar-refractivity contribution in [3.63, 3.8) is 0 Å². The molecule has 0 aromatic carbocycles. The van der Waals surface area contributed by atoms with Crippen molar-refractivity contribution in [3.05, 3.63) is 0 Å². The number of rotatable bonds is 10. The molecule has 0 heterocycles. The molecule has 0 saturated heterocycles. The van der Waals surface area contributed by atoms with Gasteiger partial charge in [-0.05, 0) is 0 Å². The summed E-state index contributed by atoms with van der Waals surface area (Å²) in [4.78, 5) is 0. The molecule has 0 atom stereocenters. The Kier molecular flexibility index (Phi) is 9.15. The van der Waals surface area contributed by atoms with Crippen molar-refractivity contribution in [1.29, 1.82) is 0 Å². The maximum atomic E-state index is 13.5. The molecule has 0 aromatic heterocycles. The van der Waals surface area contributed by atoms with Crippen LogP contribution in [-0.2, 0) is 0 Å². The third kappa shape index (κ3) is 4.62. The molecule has 0 radical (unpaired) electrons. The minimum absolute atomic E-state index is 1.30. The van der Waals surface area contributed by atoms with E-state index in [0.717, 1.165) is 0 Å². The summed E-state index contributed by atoms with van der Waals surface area (Å²) in [6.07, 6.45) is -17.3. The fourth-order valence-corrected chi connectivity index (χ4v) is 2.63. The van der Waals surface area contributed by atoms with Gasteiger partial charge in [0.2, 0.25) is 0 Å². The van der Waals surface area contributed by atoms with Crippen LogP contribution in [0.15, 0.2) is 0 Å². The highest BCUT2D eigenvalue weighted by molar-refractivity contribution is 14.1. The monoisotopic (exact) mass is 796 g/mol. The topological polar surface area (TPSA) is 0 Å². The average molecular weight is 796 g/mol. The van der Waals surface area contributed by atoms with Gasteiger partial charge in [0.05, 0.1) is 0 Å². The summed E-state index contributed by atoms with van der Waals surface area (Å²) in [6.45, 7) is 0. The van der Waals surface area contributed by atoms with E-state index in [1.54, 1.807) is 0 Å². The van der Waals surface area contributed by atoms with Crippen molar-refractivity contribution >= 4 is 22.6 Å². The normalized spacial score (nSPS) is 17.3. The Bertz CT molecular complexity index is 943. The summed E-state index contributed by atoms with van der Waals surface area (Å²) >= 11 is -1.30. The third-order valence-electron chi connectivity index (χ3n) is 4.72. The summed E-state index contributed by atoms with van der Waals surface area (Å²) < 4.78 is 347. The molecule has 28 heteroatoms. The van der Waals surface area contributed by atoms with Gasteiger partial charge in [-0.15, -0.1) is 0 Å². The summed E-state index contributed by atoms with van der Waals surface area (Å²) in [5, 5.41) is 0. The van der Waals surface area contributed by atoms with Gasteiger partial charge in [0.1, 0.15) is 0 Å². The molecule has 0 fully saturated rings. The highest BCUT2D eigenvalue weighted by Crippen LogP contribution is 2.69. The van der Waals surface area contributed by atoms with Gasteiger partial charge < -0.3 is 0 Å². The second-order valence-corrected chi connectivity index (χ2v) is 8.68. The van der Waals surface area contributed by atoms with Crippen molar-refractivity contribution in [1.82, 2.24) is 0 Å². The predicted octanol–water partition coefficient (Wildman–Crippen LogP) is 9.56. The Morgan fingerprint density at radius 1 is 0.220 bits per heavy atom. The molecule has 248 valence electrons. The van der Waals surface area contributed by atoms with Gasteiger partial charge in [0.15, 0.2) is 0 Å². The van der Waals surface area contributed by atoms with Crippen molar-refractivity contribution in [2.75, 3.05) is 0 Å². The molecular formula is C13F27I. The second kappa shape index (κ2) is 9.42. The van der Waals surface area contributed by atoms with Crippen LogP contribution in [0.25, 0.3) is 0 Å². The molecular weight excluding hydrogens is 796 g/mol. The highest BCUT2D eigenvalue weighted by atomic mass is 127. The molecule has 0 spiro atoms. The van der Waals surface area contributed by atoms with E-state index in [0.29, 0.717) is 0 Å². The van der Waals surface area contributed by atoms with Crippen LogP contribution >= 0.6 is 22.6 Å². The summed E-state index contributed by atoms with van der Waals surface area (Å²) in [6, 6.07) is 0. The number of hydrogen-bond acceptors (Lipinski definition) is 0. The molecule has 0 aromatic rings. The Morgan fingerprint density at radius 3 is 0.512 bits per heavy atom. The average Bonchev–Trinajstić information content (AvgIpc) is 2.69. The standard InChI is InChI=1S/C13F27I/c14-1(11(33,34)35,12(36,37)38)2(15,16)3(17,18)4(19,20)5(21,22)6(23,24)7(25,26)8(27,28)9(29,30)10(31,32)13(39,40)41. The van der Waals surface area contributed by atoms with Gasteiger partial charge in [0.25, 0.3) is 0 Å². The van der Waals surface area contributed by atoms with Crippen molar-refractivity contribution in [2.45, 2.75) is 75.3 Å². The molecule has 0 nitrogen and oxygen atoms in total. The van der Waals surface area contributed by atoms with Crippen molar-refractivity contribution in [2.24, 2.45) is 0 Å². The molecule has 0 aliphatic carbocycles. The van der Waals surface area contributed by atoms with Crippen LogP contribution in [0, 0.1) is 0 Å². The molecule has 0 bridgehead atoms. The molecule has 0 rings (SSSR count). The lowest BCUT2D eigenvalue weighted by atomic mass is 9.82. The fourth-order valence-electron chi connectivity index (χ4n) is 2.29. The zero-order chi connectivity index (χ0) is 34.5. The van der Waals surface area contributed by atoms with Gasteiger partial charge in [-0.3, -0.25) is 0 Å². The second-order valence-electron chi connectivity index (χ2n) is 7.32. The number of alkyl halides is 28. The first-order chi connectivity index (χ1) is 17.0. The van der Waals surface area contributed by atoms with E-state index < -0.39 is 97.8 Å². The molecule has 0 aliphatic heterocycles. The minimum Gasteiger partial charge on any atom is -0.216 e. The molecule has 0 N–H and O–H groups in total. The molecule has 0 amide bonds. The van der Waals surface area contributed by atoms with E-state index in [1.165, 1.54) is 0 Å². The maximum Gasteiger partial charge on any atom is 0.438 e. The lowest BCUT2D eigenvalue weighted by molar-refractivity contribution is -0.485. The SMILES string of the molecule is FC(F)(F)C(F)(C(F)(F)F)C(F)(F)C(F)(F)C(F)(F)C(F)(F)C(F)(F)C(F)(F)C(F)(F)C(F)(F)C(F)(F)C(F)(F)I. The number of hydrogen-bond donors (Lipinski definition) is 0. The van der Waals surface area contributed by atoms with Crippen LogP contribution < -0.4 is 0 Å². The fraction of sp³-hybridized carbons (Fsp3) is 1.00. The van der Waals surface area contributed by atoms with Crippen molar-refractivity contribution < 1.29 is 119 Å². The van der Waals surface area contributed by atoms with Crippen LogP contribution in [0.3, 0.4) is 0 Å². The minimum atomic E-state index is -9.79. The highest BCUT2D eigenvalue weighted by Gasteiger charge is 3.01. The third-order valence-corrected chi connectivity index (χ3v) is 5.40. The van der Waals surface area contributed by atoms with Gasteiger partial charge in [-0.25, -0.2) is 4.39 Å². The summed E-state index contributed by atoms with van der Waals surface area (Å²) in [7, 11) is 0. The Balaban J connectivity index is 7.55. The first kappa shape index (κ1) is 39.8. The van der Waals surface area contributed by atoms with E-state index in [9.17, 15) is 119 Å². The van der Waals surface area contributed by atoms with Crippen LogP contribution in [0.5, 0.6) is 0 Å². The Morgan fingerprint density at radius 2 is 0.366 bits per heavy atom. The van der Waals surface area contributed by atoms with E-state index >= 15 is 0 Å². The molecule has 0 saturated carbocycles.